The zero-order chi connectivity index (χ0) is 13.7. The molecule has 0 unspecified atom stereocenters. The molecule has 2 aromatic rings. The third-order valence-electron chi connectivity index (χ3n) is 2.56. The molecule has 1 N–H and O–H groups in total. The molecular weight excluding hydrogens is 304 g/mol. The van der Waals surface area contributed by atoms with Gasteiger partial charge in [-0.1, -0.05) is 28.1 Å². The van der Waals surface area contributed by atoms with E-state index in [1.807, 2.05) is 43.3 Å². The SMILES string of the molecule is CCOc1ccccc1Nc1cc(Br)ccc1C#N. The van der Waals surface area contributed by atoms with Crippen LogP contribution in [0.3, 0.4) is 0 Å². The summed E-state index contributed by atoms with van der Waals surface area (Å²) in [5, 5.41) is 12.4. The van der Waals surface area contributed by atoms with Crippen molar-refractivity contribution in [3.05, 3.63) is 52.5 Å². The first-order valence-electron chi connectivity index (χ1n) is 5.93. The normalized spacial score (nSPS) is 9.74. The maximum Gasteiger partial charge on any atom is 0.142 e. The van der Waals surface area contributed by atoms with Gasteiger partial charge in [0.25, 0.3) is 0 Å². The molecule has 2 aromatic carbocycles. The van der Waals surface area contributed by atoms with E-state index in [-0.39, 0.29) is 0 Å². The Bertz CT molecular complexity index is 620. The predicted octanol–water partition coefficient (Wildman–Crippen LogP) is 4.46. The van der Waals surface area contributed by atoms with Crippen molar-refractivity contribution in [2.45, 2.75) is 6.92 Å². The zero-order valence-electron chi connectivity index (χ0n) is 10.5. The van der Waals surface area contributed by atoms with Gasteiger partial charge in [0.1, 0.15) is 11.8 Å². The van der Waals surface area contributed by atoms with E-state index in [4.69, 9.17) is 10.00 Å². The molecule has 0 saturated carbocycles. The number of hydrogen-bond donors (Lipinski definition) is 1. The monoisotopic (exact) mass is 316 g/mol. The summed E-state index contributed by atoms with van der Waals surface area (Å²) in [5.74, 6) is 0.772. The molecule has 0 aliphatic heterocycles. The molecule has 19 heavy (non-hydrogen) atoms. The molecule has 2 rings (SSSR count). The van der Waals surface area contributed by atoms with Crippen LogP contribution in [0.1, 0.15) is 12.5 Å². The average Bonchev–Trinajstić information content (AvgIpc) is 2.42. The Kier molecular flexibility index (Phi) is 4.43. The highest BCUT2D eigenvalue weighted by Crippen LogP contribution is 2.30. The predicted molar refractivity (Wildman–Crippen MR) is 79.8 cm³/mol. The van der Waals surface area contributed by atoms with Crippen LogP contribution in [0.4, 0.5) is 11.4 Å². The largest absolute Gasteiger partial charge is 0.492 e. The Morgan fingerprint density at radius 1 is 1.21 bits per heavy atom. The lowest BCUT2D eigenvalue weighted by atomic mass is 10.2. The fourth-order valence-electron chi connectivity index (χ4n) is 1.71. The Labute approximate surface area is 121 Å². The summed E-state index contributed by atoms with van der Waals surface area (Å²) in [6.07, 6.45) is 0. The highest BCUT2D eigenvalue weighted by Gasteiger charge is 2.07. The van der Waals surface area contributed by atoms with Crippen LogP contribution in [0.5, 0.6) is 5.75 Å². The number of nitrogens with one attached hydrogen (secondary N) is 1. The number of anilines is 2. The number of nitrogens with zero attached hydrogens (tertiary/aromatic N) is 1. The van der Waals surface area contributed by atoms with Crippen LogP contribution < -0.4 is 10.1 Å². The molecule has 0 atom stereocenters. The summed E-state index contributed by atoms with van der Waals surface area (Å²) in [5.41, 5.74) is 2.19. The Morgan fingerprint density at radius 3 is 2.74 bits per heavy atom. The summed E-state index contributed by atoms with van der Waals surface area (Å²) in [6.45, 7) is 2.54. The van der Waals surface area contributed by atoms with Crippen molar-refractivity contribution < 1.29 is 4.74 Å². The Hall–Kier alpha value is -1.99. The first-order chi connectivity index (χ1) is 9.24. The summed E-state index contributed by atoms with van der Waals surface area (Å²) >= 11 is 3.41. The highest BCUT2D eigenvalue weighted by molar-refractivity contribution is 9.10. The second-order valence-corrected chi connectivity index (χ2v) is 4.77. The van der Waals surface area contributed by atoms with Gasteiger partial charge in [-0.2, -0.15) is 5.26 Å². The molecule has 3 nitrogen and oxygen atoms in total. The lowest BCUT2D eigenvalue weighted by molar-refractivity contribution is 0.342. The molecule has 4 heteroatoms. The molecule has 0 spiro atoms. The maximum absolute atomic E-state index is 9.12. The van der Waals surface area contributed by atoms with Crippen molar-refractivity contribution in [2.75, 3.05) is 11.9 Å². The van der Waals surface area contributed by atoms with Crippen LogP contribution in [-0.4, -0.2) is 6.61 Å². The van der Waals surface area contributed by atoms with Crippen LogP contribution in [0.25, 0.3) is 0 Å². The molecule has 0 fully saturated rings. The number of para-hydroxylation sites is 2. The number of ether oxygens (including phenoxy) is 1. The molecule has 0 aliphatic carbocycles. The van der Waals surface area contributed by atoms with Crippen LogP contribution in [0.15, 0.2) is 46.9 Å². The fraction of sp³-hybridized carbons (Fsp3) is 0.133. The average molecular weight is 317 g/mol. The summed E-state index contributed by atoms with van der Waals surface area (Å²) in [4.78, 5) is 0. The zero-order valence-corrected chi connectivity index (χ0v) is 12.1. The Balaban J connectivity index is 2.36. The van der Waals surface area contributed by atoms with E-state index in [2.05, 4.69) is 27.3 Å². The van der Waals surface area contributed by atoms with Gasteiger partial charge in [-0.05, 0) is 37.3 Å². The number of rotatable bonds is 4. The van der Waals surface area contributed by atoms with Gasteiger partial charge in [-0.15, -0.1) is 0 Å². The third kappa shape index (κ3) is 3.27. The molecule has 0 aromatic heterocycles. The number of nitriles is 1. The second kappa shape index (κ2) is 6.26. The topological polar surface area (TPSA) is 45.0 Å². The van der Waals surface area contributed by atoms with Gasteiger partial charge < -0.3 is 10.1 Å². The van der Waals surface area contributed by atoms with Crippen molar-refractivity contribution >= 4 is 27.3 Å². The maximum atomic E-state index is 9.12. The molecule has 0 saturated heterocycles. The van der Waals surface area contributed by atoms with Gasteiger partial charge in [0.15, 0.2) is 0 Å². The molecule has 0 amide bonds. The van der Waals surface area contributed by atoms with Gasteiger partial charge in [-0.25, -0.2) is 0 Å². The van der Waals surface area contributed by atoms with Gasteiger partial charge >= 0.3 is 0 Å². The van der Waals surface area contributed by atoms with E-state index in [1.165, 1.54) is 0 Å². The highest BCUT2D eigenvalue weighted by atomic mass is 79.9. The van der Waals surface area contributed by atoms with E-state index < -0.39 is 0 Å². The number of hydrogen-bond acceptors (Lipinski definition) is 3. The minimum atomic E-state index is 0.592. The number of halogens is 1. The third-order valence-corrected chi connectivity index (χ3v) is 3.05. The molecule has 0 aliphatic rings. The summed E-state index contributed by atoms with van der Waals surface area (Å²) in [7, 11) is 0. The Morgan fingerprint density at radius 2 is 2.00 bits per heavy atom. The number of benzene rings is 2. The first kappa shape index (κ1) is 13.4. The second-order valence-electron chi connectivity index (χ2n) is 3.86. The van der Waals surface area contributed by atoms with Crippen LogP contribution in [-0.2, 0) is 0 Å². The van der Waals surface area contributed by atoms with Gasteiger partial charge in [0, 0.05) is 4.47 Å². The van der Waals surface area contributed by atoms with E-state index in [0.717, 1.165) is 21.6 Å². The van der Waals surface area contributed by atoms with Crippen molar-refractivity contribution in [1.29, 1.82) is 5.26 Å². The van der Waals surface area contributed by atoms with Crippen LogP contribution >= 0.6 is 15.9 Å². The lowest BCUT2D eigenvalue weighted by Gasteiger charge is -2.13. The smallest absolute Gasteiger partial charge is 0.142 e. The first-order valence-corrected chi connectivity index (χ1v) is 6.72. The minimum Gasteiger partial charge on any atom is -0.492 e. The van der Waals surface area contributed by atoms with Crippen molar-refractivity contribution in [2.24, 2.45) is 0 Å². The molecule has 96 valence electrons. The minimum absolute atomic E-state index is 0.592. The van der Waals surface area contributed by atoms with Crippen molar-refractivity contribution in [1.82, 2.24) is 0 Å². The molecule has 0 bridgehead atoms. The summed E-state index contributed by atoms with van der Waals surface area (Å²) in [6, 6.07) is 15.3. The van der Waals surface area contributed by atoms with E-state index in [9.17, 15) is 0 Å². The lowest BCUT2D eigenvalue weighted by Crippen LogP contribution is -1.99. The van der Waals surface area contributed by atoms with Crippen LogP contribution in [0.2, 0.25) is 0 Å². The van der Waals surface area contributed by atoms with Crippen molar-refractivity contribution in [3.63, 3.8) is 0 Å². The van der Waals surface area contributed by atoms with E-state index in [1.54, 1.807) is 6.07 Å². The van der Waals surface area contributed by atoms with Gasteiger partial charge in [-0.3, -0.25) is 0 Å². The van der Waals surface area contributed by atoms with E-state index in [0.29, 0.717) is 12.2 Å². The van der Waals surface area contributed by atoms with Crippen molar-refractivity contribution in [3.8, 4) is 11.8 Å². The molecule has 0 radical (unpaired) electrons. The quantitative estimate of drug-likeness (QED) is 0.905. The fourth-order valence-corrected chi connectivity index (χ4v) is 2.07. The van der Waals surface area contributed by atoms with Crippen LogP contribution in [0, 0.1) is 11.3 Å². The molecular formula is C15H13BrN2O. The standard InChI is InChI=1S/C15H13BrN2O/c1-2-19-15-6-4-3-5-13(15)18-14-9-12(16)8-7-11(14)10-17/h3-9,18H,2H2,1H3. The van der Waals surface area contributed by atoms with Gasteiger partial charge in [0.2, 0.25) is 0 Å². The summed E-state index contributed by atoms with van der Waals surface area (Å²) < 4.78 is 6.48. The van der Waals surface area contributed by atoms with E-state index >= 15 is 0 Å². The van der Waals surface area contributed by atoms with Gasteiger partial charge in [0.05, 0.1) is 23.5 Å². The molecule has 0 heterocycles.